The van der Waals surface area contributed by atoms with E-state index in [0.717, 1.165) is 35.1 Å². The van der Waals surface area contributed by atoms with E-state index in [-0.39, 0.29) is 6.10 Å². The van der Waals surface area contributed by atoms with Crippen LogP contribution in [-0.4, -0.2) is 24.7 Å². The maximum atomic E-state index is 10.3. The molecule has 0 aliphatic heterocycles. The first-order chi connectivity index (χ1) is 9.24. The molecule has 0 fully saturated rings. The third-order valence-corrected chi connectivity index (χ3v) is 3.13. The summed E-state index contributed by atoms with van der Waals surface area (Å²) >= 11 is 0. The summed E-state index contributed by atoms with van der Waals surface area (Å²) in [6.45, 7) is 2.37. The molecule has 0 amide bonds. The lowest BCUT2D eigenvalue weighted by Crippen LogP contribution is -2.08. The number of benzene rings is 1. The second kappa shape index (κ2) is 6.18. The van der Waals surface area contributed by atoms with Gasteiger partial charge >= 0.3 is 0 Å². The molecule has 0 aliphatic rings. The van der Waals surface area contributed by atoms with E-state index < -0.39 is 0 Å². The lowest BCUT2D eigenvalue weighted by Gasteiger charge is -2.10. The Hall–Kier alpha value is -2.10. The van der Waals surface area contributed by atoms with Crippen molar-refractivity contribution < 1.29 is 14.3 Å². The molecule has 0 spiro atoms. The number of carbonyl (C=O) groups is 1. The number of methoxy groups -OCH3 is 1. The first-order valence-corrected chi connectivity index (χ1v) is 6.25. The van der Waals surface area contributed by atoms with E-state index in [1.807, 2.05) is 31.2 Å². The zero-order valence-electron chi connectivity index (χ0n) is 11.1. The number of pyridine rings is 1. The van der Waals surface area contributed by atoms with Crippen LogP contribution in [0.4, 0.5) is 0 Å². The van der Waals surface area contributed by atoms with Gasteiger partial charge in [0.15, 0.2) is 0 Å². The van der Waals surface area contributed by atoms with Gasteiger partial charge in [-0.15, -0.1) is 0 Å². The Kier molecular flexibility index (Phi) is 4.34. The topological polar surface area (TPSA) is 48.4 Å². The molecule has 0 bridgehead atoms. The minimum absolute atomic E-state index is 0.0900. The molecule has 1 heterocycles. The zero-order chi connectivity index (χ0) is 13.7. The maximum absolute atomic E-state index is 10.3. The number of rotatable bonds is 6. The minimum Gasteiger partial charge on any atom is -0.497 e. The van der Waals surface area contributed by atoms with Crippen molar-refractivity contribution in [2.24, 2.45) is 0 Å². The Morgan fingerprint density at radius 3 is 2.95 bits per heavy atom. The number of aryl methyl sites for hydroxylation is 1. The molecule has 2 rings (SSSR count). The van der Waals surface area contributed by atoms with Crippen molar-refractivity contribution in [2.45, 2.75) is 25.9 Å². The van der Waals surface area contributed by atoms with E-state index in [2.05, 4.69) is 4.98 Å². The van der Waals surface area contributed by atoms with Crippen molar-refractivity contribution in [3.05, 3.63) is 36.2 Å². The van der Waals surface area contributed by atoms with Gasteiger partial charge < -0.3 is 9.47 Å². The first kappa shape index (κ1) is 13.3. The Balaban J connectivity index is 2.21. The summed E-state index contributed by atoms with van der Waals surface area (Å²) < 4.78 is 10.1. The van der Waals surface area contributed by atoms with Crippen LogP contribution in [0.5, 0.6) is 5.75 Å². The van der Waals surface area contributed by atoms with Gasteiger partial charge in [-0.05, 0) is 49.4 Å². The summed E-state index contributed by atoms with van der Waals surface area (Å²) in [6.07, 6.45) is 3.24. The number of carbonyl (C=O) groups excluding carboxylic acids is 1. The van der Waals surface area contributed by atoms with Crippen LogP contribution in [0.1, 0.15) is 19.0 Å². The van der Waals surface area contributed by atoms with E-state index in [1.54, 1.807) is 13.3 Å². The van der Waals surface area contributed by atoms with Gasteiger partial charge in [0.1, 0.15) is 5.75 Å². The third-order valence-electron chi connectivity index (χ3n) is 3.13. The molecular weight excluding hydrogens is 242 g/mol. The second-order valence-corrected chi connectivity index (χ2v) is 4.43. The van der Waals surface area contributed by atoms with Crippen molar-refractivity contribution in [1.82, 2.24) is 4.98 Å². The molecule has 1 atom stereocenters. The van der Waals surface area contributed by atoms with Crippen LogP contribution >= 0.6 is 0 Å². The monoisotopic (exact) mass is 259 g/mol. The van der Waals surface area contributed by atoms with Crippen molar-refractivity contribution in [2.75, 3.05) is 7.11 Å². The predicted octanol–water partition coefficient (Wildman–Crippen LogP) is 2.74. The lowest BCUT2D eigenvalue weighted by molar-refractivity contribution is -0.132. The number of hydrogen-bond acceptors (Lipinski definition) is 4. The minimum atomic E-state index is -0.0900. The molecule has 1 aromatic carbocycles. The van der Waals surface area contributed by atoms with Crippen LogP contribution in [0.15, 0.2) is 30.5 Å². The smallest absolute Gasteiger partial charge is 0.293 e. The van der Waals surface area contributed by atoms with Crippen LogP contribution in [0.3, 0.4) is 0 Å². The summed E-state index contributed by atoms with van der Waals surface area (Å²) in [5.74, 6) is 0.835. The molecule has 100 valence electrons. The first-order valence-electron chi connectivity index (χ1n) is 6.25. The second-order valence-electron chi connectivity index (χ2n) is 4.43. The molecule has 0 N–H and O–H groups in total. The van der Waals surface area contributed by atoms with E-state index in [1.165, 1.54) is 0 Å². The number of aromatic nitrogens is 1. The van der Waals surface area contributed by atoms with Crippen LogP contribution < -0.4 is 4.74 Å². The summed E-state index contributed by atoms with van der Waals surface area (Å²) in [4.78, 5) is 14.7. The third kappa shape index (κ3) is 3.22. The van der Waals surface area contributed by atoms with E-state index >= 15 is 0 Å². The normalized spacial score (nSPS) is 12.1. The number of fused-ring (bicyclic) bond motifs is 1. The van der Waals surface area contributed by atoms with Gasteiger partial charge in [-0.2, -0.15) is 0 Å². The molecule has 2 aromatic rings. The number of nitrogens with zero attached hydrogens (tertiary/aromatic N) is 1. The predicted molar refractivity (Wildman–Crippen MR) is 73.2 cm³/mol. The Labute approximate surface area is 112 Å². The number of hydrogen-bond donors (Lipinski definition) is 0. The van der Waals surface area contributed by atoms with Gasteiger partial charge in [0.2, 0.25) is 0 Å². The summed E-state index contributed by atoms with van der Waals surface area (Å²) in [5, 5.41) is 2.22. The average molecular weight is 259 g/mol. The Bertz CT molecular complexity index is 568. The molecule has 19 heavy (non-hydrogen) atoms. The standard InChI is InChI=1S/C15H17NO3/c1-11(19-10-17)3-6-15-14-5-4-13(18-2)9-12(14)7-8-16-15/h4-5,7-11H,3,6H2,1-2H3. The molecule has 0 aliphatic carbocycles. The van der Waals surface area contributed by atoms with Crippen LogP contribution in [0.25, 0.3) is 10.8 Å². The quantitative estimate of drug-likeness (QED) is 0.748. The van der Waals surface area contributed by atoms with Crippen LogP contribution in [0, 0.1) is 0 Å². The molecule has 4 nitrogen and oxygen atoms in total. The van der Waals surface area contributed by atoms with Crippen molar-refractivity contribution in [3.8, 4) is 5.75 Å². The van der Waals surface area contributed by atoms with Gasteiger partial charge in [0, 0.05) is 17.3 Å². The van der Waals surface area contributed by atoms with Crippen molar-refractivity contribution in [3.63, 3.8) is 0 Å². The average Bonchev–Trinajstić information content (AvgIpc) is 2.44. The largest absolute Gasteiger partial charge is 0.497 e. The molecular formula is C15H17NO3. The fourth-order valence-corrected chi connectivity index (χ4v) is 2.05. The van der Waals surface area contributed by atoms with Crippen molar-refractivity contribution in [1.29, 1.82) is 0 Å². The fraction of sp³-hybridized carbons (Fsp3) is 0.333. The highest BCUT2D eigenvalue weighted by Crippen LogP contribution is 2.23. The van der Waals surface area contributed by atoms with Crippen molar-refractivity contribution >= 4 is 17.2 Å². The SMILES string of the molecule is COc1ccc2c(CCC(C)OC=O)nccc2c1. The number of ether oxygens (including phenoxy) is 2. The highest BCUT2D eigenvalue weighted by molar-refractivity contribution is 5.85. The Morgan fingerprint density at radius 1 is 1.37 bits per heavy atom. The van der Waals surface area contributed by atoms with Gasteiger partial charge in [-0.25, -0.2) is 0 Å². The zero-order valence-corrected chi connectivity index (χ0v) is 11.1. The summed E-state index contributed by atoms with van der Waals surface area (Å²) in [7, 11) is 1.65. The highest BCUT2D eigenvalue weighted by Gasteiger charge is 2.07. The Morgan fingerprint density at radius 2 is 2.21 bits per heavy atom. The lowest BCUT2D eigenvalue weighted by atomic mass is 10.1. The van der Waals surface area contributed by atoms with E-state index in [4.69, 9.17) is 9.47 Å². The molecule has 0 saturated carbocycles. The summed E-state index contributed by atoms with van der Waals surface area (Å²) in [5.41, 5.74) is 1.02. The molecule has 4 heteroatoms. The van der Waals surface area contributed by atoms with Crippen LogP contribution in [-0.2, 0) is 16.0 Å². The summed E-state index contributed by atoms with van der Waals surface area (Å²) in [6, 6.07) is 7.90. The van der Waals surface area contributed by atoms with E-state index in [9.17, 15) is 4.79 Å². The van der Waals surface area contributed by atoms with E-state index in [0.29, 0.717) is 6.47 Å². The van der Waals surface area contributed by atoms with Gasteiger partial charge in [0.25, 0.3) is 6.47 Å². The van der Waals surface area contributed by atoms with Crippen LogP contribution in [0.2, 0.25) is 0 Å². The van der Waals surface area contributed by atoms with Gasteiger partial charge in [-0.3, -0.25) is 9.78 Å². The highest BCUT2D eigenvalue weighted by atomic mass is 16.5. The van der Waals surface area contributed by atoms with Gasteiger partial charge in [-0.1, -0.05) is 0 Å². The molecule has 0 saturated heterocycles. The molecule has 1 unspecified atom stereocenters. The fourth-order valence-electron chi connectivity index (χ4n) is 2.05. The maximum Gasteiger partial charge on any atom is 0.293 e. The molecule has 1 aromatic heterocycles. The molecule has 0 radical (unpaired) electrons. The van der Waals surface area contributed by atoms with Gasteiger partial charge in [0.05, 0.1) is 13.2 Å².